The van der Waals surface area contributed by atoms with Crippen molar-refractivity contribution in [3.63, 3.8) is 0 Å². The van der Waals surface area contributed by atoms with Crippen LogP contribution in [-0.2, 0) is 0 Å². The number of thioether (sulfide) groups is 1. The zero-order chi connectivity index (χ0) is 16.2. The molecule has 0 aliphatic rings. The molecule has 0 spiro atoms. The van der Waals surface area contributed by atoms with Crippen molar-refractivity contribution < 1.29 is 9.90 Å². The number of aromatic nitrogens is 5. The number of rotatable bonds is 5. The number of pyridine rings is 1. The van der Waals surface area contributed by atoms with E-state index < -0.39 is 0 Å². The lowest BCUT2D eigenvalue weighted by Gasteiger charge is -2.05. The molecule has 5 N–H and O–H groups in total. The minimum Gasteiger partial charge on any atom is -0.508 e. The maximum Gasteiger partial charge on any atom is 0.270 e. The van der Waals surface area contributed by atoms with Gasteiger partial charge in [0.2, 0.25) is 5.95 Å². The van der Waals surface area contributed by atoms with E-state index in [0.29, 0.717) is 28.5 Å². The van der Waals surface area contributed by atoms with Crippen LogP contribution in [0.1, 0.15) is 10.5 Å². The van der Waals surface area contributed by atoms with Crippen LogP contribution in [0.5, 0.6) is 5.75 Å². The average molecular weight is 331 g/mol. The molecule has 23 heavy (non-hydrogen) atoms. The summed E-state index contributed by atoms with van der Waals surface area (Å²) in [4.78, 5) is 30.9. The normalized spacial score (nSPS) is 10.8. The van der Waals surface area contributed by atoms with Crippen LogP contribution in [0.4, 0.5) is 5.95 Å². The second-order valence-electron chi connectivity index (χ2n) is 4.49. The fourth-order valence-electron chi connectivity index (χ4n) is 1.87. The third-order valence-electron chi connectivity index (χ3n) is 2.87. The molecule has 0 aromatic carbocycles. The lowest BCUT2D eigenvalue weighted by atomic mass is 10.3. The highest BCUT2D eigenvalue weighted by atomic mass is 32.2. The summed E-state index contributed by atoms with van der Waals surface area (Å²) in [5.74, 6) is 0.378. The molecule has 0 bridgehead atoms. The standard InChI is InChI=1S/C13H13N7O2S/c14-13-19-10-9(17-6-18-10)12(20-13)23-4-3-16-11(22)8-5-7(21)1-2-15-8/h1-2,5-6H,3-4H2,(H,15,21)(H,16,22)(H3,14,17,18,19,20). The van der Waals surface area contributed by atoms with Crippen molar-refractivity contribution in [1.29, 1.82) is 0 Å². The number of carbonyl (C=O) groups is 1. The Morgan fingerprint density at radius 3 is 3.09 bits per heavy atom. The summed E-state index contributed by atoms with van der Waals surface area (Å²) >= 11 is 1.42. The van der Waals surface area contributed by atoms with Crippen molar-refractivity contribution in [2.45, 2.75) is 5.03 Å². The van der Waals surface area contributed by atoms with Gasteiger partial charge in [-0.2, -0.15) is 4.98 Å². The second kappa shape index (κ2) is 6.48. The van der Waals surface area contributed by atoms with Crippen molar-refractivity contribution in [3.8, 4) is 5.75 Å². The summed E-state index contributed by atoms with van der Waals surface area (Å²) < 4.78 is 0. The third kappa shape index (κ3) is 3.48. The van der Waals surface area contributed by atoms with Crippen LogP contribution in [0.3, 0.4) is 0 Å². The highest BCUT2D eigenvalue weighted by Crippen LogP contribution is 2.23. The first kappa shape index (κ1) is 15.0. The van der Waals surface area contributed by atoms with E-state index in [1.807, 2.05) is 0 Å². The topological polar surface area (TPSA) is 143 Å². The number of amides is 1. The number of fused-ring (bicyclic) bond motifs is 1. The number of nitrogens with one attached hydrogen (secondary N) is 2. The average Bonchev–Trinajstić information content (AvgIpc) is 2.99. The van der Waals surface area contributed by atoms with Gasteiger partial charge >= 0.3 is 0 Å². The van der Waals surface area contributed by atoms with Gasteiger partial charge in [0.15, 0.2) is 5.65 Å². The highest BCUT2D eigenvalue weighted by molar-refractivity contribution is 7.99. The predicted molar refractivity (Wildman–Crippen MR) is 85.1 cm³/mol. The van der Waals surface area contributed by atoms with Gasteiger partial charge in [0, 0.05) is 24.6 Å². The molecule has 3 aromatic rings. The molecule has 3 heterocycles. The van der Waals surface area contributed by atoms with Gasteiger partial charge in [0.05, 0.1) is 6.33 Å². The molecule has 1 amide bonds. The Labute approximate surface area is 134 Å². The van der Waals surface area contributed by atoms with E-state index in [0.717, 1.165) is 0 Å². The number of carbonyl (C=O) groups excluding carboxylic acids is 1. The summed E-state index contributed by atoms with van der Waals surface area (Å²) in [7, 11) is 0. The first-order chi connectivity index (χ1) is 11.1. The number of nitrogens with zero attached hydrogens (tertiary/aromatic N) is 4. The first-order valence-electron chi connectivity index (χ1n) is 6.66. The molecular formula is C13H13N7O2S. The molecule has 0 unspecified atom stereocenters. The maximum absolute atomic E-state index is 11.9. The van der Waals surface area contributed by atoms with Crippen molar-refractivity contribution >= 4 is 34.8 Å². The Morgan fingerprint density at radius 2 is 2.26 bits per heavy atom. The molecule has 3 aromatic heterocycles. The zero-order valence-corrected chi connectivity index (χ0v) is 12.7. The number of aromatic hydroxyl groups is 1. The molecule has 0 radical (unpaired) electrons. The zero-order valence-electron chi connectivity index (χ0n) is 11.9. The van der Waals surface area contributed by atoms with Crippen LogP contribution in [0.15, 0.2) is 29.7 Å². The Morgan fingerprint density at radius 1 is 1.39 bits per heavy atom. The fraction of sp³-hybridized carbons (Fsp3) is 0.154. The number of hydrogen-bond donors (Lipinski definition) is 4. The van der Waals surface area contributed by atoms with Crippen molar-refractivity contribution in [2.75, 3.05) is 18.0 Å². The summed E-state index contributed by atoms with van der Waals surface area (Å²) in [5.41, 5.74) is 7.02. The van der Waals surface area contributed by atoms with Crippen LogP contribution in [0.25, 0.3) is 11.2 Å². The van der Waals surface area contributed by atoms with E-state index in [2.05, 4.69) is 30.2 Å². The van der Waals surface area contributed by atoms with Gasteiger partial charge in [-0.3, -0.25) is 9.78 Å². The highest BCUT2D eigenvalue weighted by Gasteiger charge is 2.10. The van der Waals surface area contributed by atoms with E-state index in [1.54, 1.807) is 0 Å². The van der Waals surface area contributed by atoms with Crippen molar-refractivity contribution in [1.82, 2.24) is 30.2 Å². The molecule has 9 nitrogen and oxygen atoms in total. The second-order valence-corrected chi connectivity index (χ2v) is 5.58. The third-order valence-corrected chi connectivity index (χ3v) is 3.85. The fourth-order valence-corrected chi connectivity index (χ4v) is 2.72. The monoisotopic (exact) mass is 331 g/mol. The first-order valence-corrected chi connectivity index (χ1v) is 7.64. The Bertz CT molecular complexity index is 851. The Kier molecular flexibility index (Phi) is 4.24. The Hall–Kier alpha value is -2.88. The molecule has 10 heteroatoms. The van der Waals surface area contributed by atoms with Gasteiger partial charge in [0.1, 0.15) is 22.0 Å². The van der Waals surface area contributed by atoms with E-state index in [-0.39, 0.29) is 23.3 Å². The van der Waals surface area contributed by atoms with Crippen LogP contribution >= 0.6 is 11.8 Å². The van der Waals surface area contributed by atoms with Gasteiger partial charge in [-0.15, -0.1) is 11.8 Å². The molecular weight excluding hydrogens is 318 g/mol. The smallest absolute Gasteiger partial charge is 0.270 e. The van der Waals surface area contributed by atoms with Crippen LogP contribution in [0.2, 0.25) is 0 Å². The molecule has 0 saturated carbocycles. The number of H-pyrrole nitrogens is 1. The summed E-state index contributed by atoms with van der Waals surface area (Å²) in [6.45, 7) is 0.403. The number of aromatic amines is 1. The number of nitrogen functional groups attached to an aromatic ring is 1. The van der Waals surface area contributed by atoms with Gasteiger partial charge in [0.25, 0.3) is 5.91 Å². The van der Waals surface area contributed by atoms with Crippen LogP contribution in [0, 0.1) is 0 Å². The van der Waals surface area contributed by atoms with Crippen molar-refractivity contribution in [2.24, 2.45) is 0 Å². The summed E-state index contributed by atoms with van der Waals surface area (Å²) in [5, 5.41) is 12.7. The SMILES string of the molecule is Nc1nc(SCCNC(=O)c2cc(O)ccn2)c2[nH]cnc2n1. The van der Waals surface area contributed by atoms with E-state index in [1.165, 1.54) is 36.4 Å². The van der Waals surface area contributed by atoms with Gasteiger partial charge in [-0.05, 0) is 6.07 Å². The quantitative estimate of drug-likeness (QED) is 0.302. The summed E-state index contributed by atoms with van der Waals surface area (Å²) in [6, 6.07) is 2.71. The lowest BCUT2D eigenvalue weighted by Crippen LogP contribution is -2.26. The van der Waals surface area contributed by atoms with Crippen molar-refractivity contribution in [3.05, 3.63) is 30.4 Å². The number of imidazole rings is 1. The van der Waals surface area contributed by atoms with Crippen LogP contribution < -0.4 is 11.1 Å². The molecule has 0 atom stereocenters. The lowest BCUT2D eigenvalue weighted by molar-refractivity contribution is 0.0951. The molecule has 3 rings (SSSR count). The number of hydrogen-bond acceptors (Lipinski definition) is 8. The molecule has 0 saturated heterocycles. The molecule has 0 aliphatic carbocycles. The van der Waals surface area contributed by atoms with Gasteiger partial charge in [-0.1, -0.05) is 0 Å². The number of anilines is 1. The van der Waals surface area contributed by atoms with Gasteiger partial charge < -0.3 is 21.1 Å². The van der Waals surface area contributed by atoms with E-state index in [4.69, 9.17) is 5.73 Å². The number of nitrogens with two attached hydrogens (primary N) is 1. The molecule has 0 aliphatic heterocycles. The van der Waals surface area contributed by atoms with Gasteiger partial charge in [-0.25, -0.2) is 9.97 Å². The van der Waals surface area contributed by atoms with E-state index >= 15 is 0 Å². The minimum absolute atomic E-state index is 0.00220. The predicted octanol–water partition coefficient (Wildman–Crippen LogP) is 0.558. The molecule has 0 fully saturated rings. The largest absolute Gasteiger partial charge is 0.508 e. The van der Waals surface area contributed by atoms with Crippen LogP contribution in [-0.4, -0.2) is 48.2 Å². The minimum atomic E-state index is -0.351. The Balaban J connectivity index is 1.57. The summed E-state index contributed by atoms with van der Waals surface area (Å²) in [6.07, 6.45) is 2.90. The molecule has 118 valence electrons. The van der Waals surface area contributed by atoms with E-state index in [9.17, 15) is 9.90 Å². The maximum atomic E-state index is 11.9.